The standard InChI is InChI=1S/C28H34F3NO4/c1-27(2,3)36-25(26(33)34-4)24-21(28(29,30)31)9-8-20(17-11-13-32-14-12-17)23(24)19-7-10-22-18(16-19)6-5-15-35-22/h8,10-14,16,19,21,23-25H,5-7,9,15H2,1-4H3. The van der Waals surface area contributed by atoms with Crippen LogP contribution in [0.3, 0.4) is 0 Å². The second kappa shape index (κ2) is 10.4. The van der Waals surface area contributed by atoms with Gasteiger partial charge < -0.3 is 14.2 Å². The molecule has 5 atom stereocenters. The molecule has 8 heteroatoms. The Morgan fingerprint density at radius 2 is 1.86 bits per heavy atom. The van der Waals surface area contributed by atoms with E-state index in [2.05, 4.69) is 11.1 Å². The molecule has 1 aromatic heterocycles. The molecule has 1 aliphatic heterocycles. The van der Waals surface area contributed by atoms with Crippen molar-refractivity contribution in [1.82, 2.24) is 4.98 Å². The van der Waals surface area contributed by atoms with Crippen LogP contribution in [0.5, 0.6) is 0 Å². The van der Waals surface area contributed by atoms with E-state index in [1.807, 2.05) is 18.2 Å². The molecule has 0 bridgehead atoms. The minimum Gasteiger partial charge on any atom is -0.494 e. The van der Waals surface area contributed by atoms with Crippen molar-refractivity contribution >= 4 is 11.5 Å². The molecule has 0 saturated carbocycles. The molecular weight excluding hydrogens is 471 g/mol. The average Bonchev–Trinajstić information content (AvgIpc) is 2.85. The number of ether oxygens (including phenoxy) is 3. The lowest BCUT2D eigenvalue weighted by Gasteiger charge is -2.46. The summed E-state index contributed by atoms with van der Waals surface area (Å²) in [5, 5.41) is 0. The van der Waals surface area contributed by atoms with Gasteiger partial charge in [0, 0.05) is 18.3 Å². The molecule has 1 saturated heterocycles. The average molecular weight is 506 g/mol. The van der Waals surface area contributed by atoms with E-state index in [-0.39, 0.29) is 12.3 Å². The first kappa shape index (κ1) is 26.5. The van der Waals surface area contributed by atoms with Crippen molar-refractivity contribution in [3.63, 3.8) is 0 Å². The summed E-state index contributed by atoms with van der Waals surface area (Å²) in [7, 11) is 1.19. The van der Waals surface area contributed by atoms with Crippen LogP contribution in [-0.2, 0) is 19.0 Å². The van der Waals surface area contributed by atoms with E-state index in [9.17, 15) is 18.0 Å². The van der Waals surface area contributed by atoms with Crippen molar-refractivity contribution in [2.45, 2.75) is 64.3 Å². The summed E-state index contributed by atoms with van der Waals surface area (Å²) in [5.41, 5.74) is 1.75. The van der Waals surface area contributed by atoms with E-state index >= 15 is 0 Å². The maximum Gasteiger partial charge on any atom is 0.392 e. The number of alkyl halides is 3. The van der Waals surface area contributed by atoms with E-state index in [4.69, 9.17) is 14.2 Å². The third kappa shape index (κ3) is 5.69. The molecule has 1 aromatic rings. The van der Waals surface area contributed by atoms with Crippen LogP contribution in [-0.4, -0.2) is 42.6 Å². The number of hydrogen-bond acceptors (Lipinski definition) is 5. The zero-order valence-electron chi connectivity index (χ0n) is 21.2. The number of rotatable bonds is 5. The van der Waals surface area contributed by atoms with Crippen LogP contribution in [0, 0.1) is 23.7 Å². The molecule has 0 amide bonds. The van der Waals surface area contributed by atoms with Crippen LogP contribution in [0.1, 0.15) is 52.0 Å². The summed E-state index contributed by atoms with van der Waals surface area (Å²) < 4.78 is 60.7. The Kier molecular flexibility index (Phi) is 7.64. The van der Waals surface area contributed by atoms with Gasteiger partial charge in [-0.2, -0.15) is 13.2 Å². The Labute approximate surface area is 210 Å². The highest BCUT2D eigenvalue weighted by molar-refractivity contribution is 5.77. The van der Waals surface area contributed by atoms with Crippen LogP contribution >= 0.6 is 0 Å². The SMILES string of the molecule is COC(=O)C(OC(C)(C)C)C1C(C2C=C3CCCOC3=CC2)C(c2ccncc2)=CCC1C(F)(F)F. The van der Waals surface area contributed by atoms with Gasteiger partial charge in [0.05, 0.1) is 25.2 Å². The van der Waals surface area contributed by atoms with Crippen LogP contribution < -0.4 is 0 Å². The monoisotopic (exact) mass is 505 g/mol. The molecule has 3 aliphatic rings. The Bertz CT molecular complexity index is 1040. The molecule has 36 heavy (non-hydrogen) atoms. The lowest BCUT2D eigenvalue weighted by Crippen LogP contribution is -2.51. The number of pyridine rings is 1. The van der Waals surface area contributed by atoms with Gasteiger partial charge in [-0.15, -0.1) is 0 Å². The third-order valence-electron chi connectivity index (χ3n) is 7.14. The molecule has 5 nitrogen and oxygen atoms in total. The smallest absolute Gasteiger partial charge is 0.392 e. The van der Waals surface area contributed by atoms with E-state index < -0.39 is 41.6 Å². The van der Waals surface area contributed by atoms with Crippen LogP contribution in [0.2, 0.25) is 0 Å². The van der Waals surface area contributed by atoms with Gasteiger partial charge in [0.25, 0.3) is 0 Å². The van der Waals surface area contributed by atoms with Gasteiger partial charge in [-0.3, -0.25) is 4.98 Å². The highest BCUT2D eigenvalue weighted by Crippen LogP contribution is 2.53. The summed E-state index contributed by atoms with van der Waals surface area (Å²) in [6, 6.07) is 3.62. The first-order valence-corrected chi connectivity index (χ1v) is 12.5. The lowest BCUT2D eigenvalue weighted by molar-refractivity contribution is -0.221. The molecule has 0 N–H and O–H groups in total. The second-order valence-electron chi connectivity index (χ2n) is 10.7. The fraction of sp³-hybridized carbons (Fsp3) is 0.571. The highest BCUT2D eigenvalue weighted by atomic mass is 19.4. The molecule has 1 fully saturated rings. The van der Waals surface area contributed by atoms with E-state index in [1.54, 1.807) is 39.2 Å². The quantitative estimate of drug-likeness (QED) is 0.441. The number of esters is 1. The molecule has 2 aliphatic carbocycles. The predicted octanol–water partition coefficient (Wildman–Crippen LogP) is 6.28. The number of nitrogens with zero attached hydrogens (tertiary/aromatic N) is 1. The Morgan fingerprint density at radius 3 is 2.50 bits per heavy atom. The Balaban J connectivity index is 1.88. The molecular formula is C28H34F3NO4. The largest absolute Gasteiger partial charge is 0.494 e. The Hall–Kier alpha value is -2.61. The molecule has 196 valence electrons. The van der Waals surface area contributed by atoms with Crippen molar-refractivity contribution in [3.8, 4) is 0 Å². The summed E-state index contributed by atoms with van der Waals surface area (Å²) in [6.45, 7) is 5.85. The molecule has 0 radical (unpaired) electrons. The van der Waals surface area contributed by atoms with E-state index in [0.717, 1.165) is 35.3 Å². The fourth-order valence-electron chi connectivity index (χ4n) is 5.74. The lowest BCUT2D eigenvalue weighted by atomic mass is 9.61. The normalized spacial score (nSPS) is 27.6. The van der Waals surface area contributed by atoms with Crippen molar-refractivity contribution in [2.24, 2.45) is 23.7 Å². The maximum absolute atomic E-state index is 14.6. The summed E-state index contributed by atoms with van der Waals surface area (Å²) in [4.78, 5) is 17.2. The van der Waals surface area contributed by atoms with Gasteiger partial charge in [-0.05, 0) is 93.2 Å². The zero-order chi connectivity index (χ0) is 26.1. The summed E-state index contributed by atoms with van der Waals surface area (Å²) >= 11 is 0. The van der Waals surface area contributed by atoms with E-state index in [1.165, 1.54) is 7.11 Å². The topological polar surface area (TPSA) is 57.7 Å². The number of methoxy groups -OCH3 is 1. The van der Waals surface area contributed by atoms with Crippen molar-refractivity contribution < 1.29 is 32.2 Å². The first-order chi connectivity index (χ1) is 17.0. The van der Waals surface area contributed by atoms with Gasteiger partial charge in [-0.25, -0.2) is 4.79 Å². The molecule has 5 unspecified atom stereocenters. The minimum atomic E-state index is -4.52. The van der Waals surface area contributed by atoms with Crippen LogP contribution in [0.4, 0.5) is 13.2 Å². The van der Waals surface area contributed by atoms with E-state index in [0.29, 0.717) is 13.0 Å². The van der Waals surface area contributed by atoms with Crippen molar-refractivity contribution in [2.75, 3.05) is 13.7 Å². The Morgan fingerprint density at radius 1 is 1.14 bits per heavy atom. The van der Waals surface area contributed by atoms with Crippen molar-refractivity contribution in [1.29, 1.82) is 0 Å². The molecule has 0 aromatic carbocycles. The number of halogens is 3. The maximum atomic E-state index is 14.6. The van der Waals surface area contributed by atoms with Gasteiger partial charge in [-0.1, -0.05) is 12.2 Å². The third-order valence-corrected chi connectivity index (χ3v) is 7.14. The second-order valence-corrected chi connectivity index (χ2v) is 10.7. The number of aromatic nitrogens is 1. The van der Waals surface area contributed by atoms with Gasteiger partial charge >= 0.3 is 12.1 Å². The number of allylic oxidation sites excluding steroid dienone is 5. The highest BCUT2D eigenvalue weighted by Gasteiger charge is 2.56. The number of carbonyl (C=O) groups excluding carboxylic acids is 1. The van der Waals surface area contributed by atoms with Gasteiger partial charge in [0.15, 0.2) is 6.10 Å². The zero-order valence-corrected chi connectivity index (χ0v) is 21.2. The number of carbonyl (C=O) groups is 1. The van der Waals surface area contributed by atoms with Crippen LogP contribution in [0.25, 0.3) is 5.57 Å². The number of fused-ring (bicyclic) bond motifs is 1. The fourth-order valence-corrected chi connectivity index (χ4v) is 5.74. The predicted molar refractivity (Wildman–Crippen MR) is 129 cm³/mol. The van der Waals surface area contributed by atoms with Crippen LogP contribution in [0.15, 0.2) is 54.1 Å². The molecule has 4 rings (SSSR count). The summed E-state index contributed by atoms with van der Waals surface area (Å²) in [6.07, 6.45) is 5.04. The van der Waals surface area contributed by atoms with Crippen molar-refractivity contribution in [3.05, 3.63) is 59.7 Å². The van der Waals surface area contributed by atoms with Gasteiger partial charge in [0.1, 0.15) is 5.76 Å². The van der Waals surface area contributed by atoms with Gasteiger partial charge in [0.2, 0.25) is 0 Å². The summed E-state index contributed by atoms with van der Waals surface area (Å²) in [5.74, 6) is -3.80. The molecule has 0 spiro atoms. The molecule has 2 heterocycles. The number of hydrogen-bond donors (Lipinski definition) is 0. The minimum absolute atomic E-state index is 0.239. The first-order valence-electron chi connectivity index (χ1n) is 12.5.